The normalized spacial score (nSPS) is 20.0. The predicted molar refractivity (Wildman–Crippen MR) is 85.7 cm³/mol. The fourth-order valence-corrected chi connectivity index (χ4v) is 4.03. The third-order valence-corrected chi connectivity index (χ3v) is 5.77. The van der Waals surface area contributed by atoms with Gasteiger partial charge in [0.2, 0.25) is 10.0 Å². The molecule has 118 valence electrons. The van der Waals surface area contributed by atoms with Gasteiger partial charge in [-0.1, -0.05) is 6.92 Å². The first-order chi connectivity index (χ1) is 9.83. The van der Waals surface area contributed by atoms with Gasteiger partial charge >= 0.3 is 0 Å². The van der Waals surface area contributed by atoms with Crippen LogP contribution >= 0.6 is 0 Å². The minimum Gasteiger partial charge on any atom is -0.398 e. The van der Waals surface area contributed by atoms with Gasteiger partial charge in [0.05, 0.1) is 5.69 Å². The van der Waals surface area contributed by atoms with Crippen molar-refractivity contribution in [3.8, 4) is 0 Å². The molecule has 0 amide bonds. The summed E-state index contributed by atoms with van der Waals surface area (Å²) in [5.74, 6) is 0.382. The van der Waals surface area contributed by atoms with Crippen LogP contribution < -0.4 is 10.5 Å². The second-order valence-electron chi connectivity index (χ2n) is 5.87. The SMILES string of the molecule is CCN1CCC(CNS(=O)(=O)c2cc(C)c(C)cc2N)C1. The van der Waals surface area contributed by atoms with Crippen molar-refractivity contribution in [2.45, 2.75) is 32.1 Å². The Morgan fingerprint density at radius 1 is 1.33 bits per heavy atom. The number of rotatable bonds is 5. The van der Waals surface area contributed by atoms with Gasteiger partial charge in [-0.15, -0.1) is 0 Å². The molecule has 0 saturated carbocycles. The Morgan fingerprint density at radius 2 is 2.00 bits per heavy atom. The Kier molecular flexibility index (Phi) is 4.91. The van der Waals surface area contributed by atoms with Crippen LogP contribution in [0.1, 0.15) is 24.5 Å². The number of likely N-dealkylation sites (tertiary alicyclic amines) is 1. The average molecular weight is 311 g/mol. The molecule has 21 heavy (non-hydrogen) atoms. The van der Waals surface area contributed by atoms with Crippen LogP contribution in [0.5, 0.6) is 0 Å². The molecule has 6 heteroatoms. The lowest BCUT2D eigenvalue weighted by atomic mass is 10.1. The summed E-state index contributed by atoms with van der Waals surface area (Å²) in [4.78, 5) is 2.53. The summed E-state index contributed by atoms with van der Waals surface area (Å²) in [6, 6.07) is 3.37. The molecule has 3 N–H and O–H groups in total. The second-order valence-corrected chi connectivity index (χ2v) is 7.61. The highest BCUT2D eigenvalue weighted by molar-refractivity contribution is 7.89. The number of sulfonamides is 1. The summed E-state index contributed by atoms with van der Waals surface area (Å²) in [6.45, 7) is 9.45. The zero-order chi connectivity index (χ0) is 15.6. The van der Waals surface area contributed by atoms with Crippen LogP contribution in [0.25, 0.3) is 0 Å². The number of aryl methyl sites for hydroxylation is 2. The Morgan fingerprint density at radius 3 is 2.62 bits per heavy atom. The first-order valence-electron chi connectivity index (χ1n) is 7.42. The van der Waals surface area contributed by atoms with Gasteiger partial charge in [0.1, 0.15) is 4.90 Å². The maximum atomic E-state index is 12.4. The lowest BCUT2D eigenvalue weighted by Gasteiger charge is -2.15. The first-order valence-corrected chi connectivity index (χ1v) is 8.90. The first kappa shape index (κ1) is 16.3. The lowest BCUT2D eigenvalue weighted by molar-refractivity contribution is 0.342. The topological polar surface area (TPSA) is 75.4 Å². The number of hydrogen-bond acceptors (Lipinski definition) is 4. The highest BCUT2D eigenvalue weighted by atomic mass is 32.2. The molecule has 1 unspecified atom stereocenters. The van der Waals surface area contributed by atoms with Gasteiger partial charge in [-0.2, -0.15) is 0 Å². The zero-order valence-corrected chi connectivity index (χ0v) is 13.8. The van der Waals surface area contributed by atoms with Crippen molar-refractivity contribution in [3.63, 3.8) is 0 Å². The molecule has 0 radical (unpaired) electrons. The standard InChI is InChI=1S/C15H25N3O2S/c1-4-18-6-5-13(10-18)9-17-21(19,20)15-8-12(3)11(2)7-14(15)16/h7-8,13,17H,4-6,9-10,16H2,1-3H3. The summed E-state index contributed by atoms with van der Waals surface area (Å²) < 4.78 is 27.6. The summed E-state index contributed by atoms with van der Waals surface area (Å²) in [5, 5.41) is 0. The van der Waals surface area contributed by atoms with E-state index < -0.39 is 10.0 Å². The molecule has 0 spiro atoms. The molecule has 2 rings (SSSR count). The third-order valence-electron chi connectivity index (χ3n) is 4.29. The minimum absolute atomic E-state index is 0.191. The van der Waals surface area contributed by atoms with E-state index in [0.29, 0.717) is 18.2 Å². The van der Waals surface area contributed by atoms with Crippen LogP contribution in [0.2, 0.25) is 0 Å². The third kappa shape index (κ3) is 3.75. The molecule has 0 aromatic heterocycles. The smallest absolute Gasteiger partial charge is 0.242 e. The predicted octanol–water partition coefficient (Wildman–Crippen LogP) is 1.51. The van der Waals surface area contributed by atoms with Gasteiger partial charge in [0, 0.05) is 13.1 Å². The molecule has 1 aliphatic rings. The summed E-state index contributed by atoms with van der Waals surface area (Å²) in [5.41, 5.74) is 8.12. The Bertz CT molecular complexity index is 614. The Hall–Kier alpha value is -1.11. The molecule has 1 aromatic carbocycles. The van der Waals surface area contributed by atoms with Crippen molar-refractivity contribution in [3.05, 3.63) is 23.3 Å². The molecule has 0 aliphatic carbocycles. The number of anilines is 1. The van der Waals surface area contributed by atoms with Crippen molar-refractivity contribution in [1.82, 2.24) is 9.62 Å². The number of nitrogens with two attached hydrogens (primary N) is 1. The van der Waals surface area contributed by atoms with Gasteiger partial charge in [-0.05, 0) is 62.5 Å². The second kappa shape index (κ2) is 6.34. The van der Waals surface area contributed by atoms with E-state index in [-0.39, 0.29) is 4.90 Å². The van der Waals surface area contributed by atoms with Crippen LogP contribution in [-0.4, -0.2) is 39.5 Å². The maximum Gasteiger partial charge on any atom is 0.242 e. The van der Waals surface area contributed by atoms with Crippen molar-refractivity contribution in [2.24, 2.45) is 5.92 Å². The summed E-state index contributed by atoms with van der Waals surface area (Å²) in [7, 11) is -3.54. The molecule has 1 aromatic rings. The molecule has 5 nitrogen and oxygen atoms in total. The fraction of sp³-hybridized carbons (Fsp3) is 0.600. The molecule has 0 bridgehead atoms. The van der Waals surface area contributed by atoms with Crippen LogP contribution in [0, 0.1) is 19.8 Å². The van der Waals surface area contributed by atoms with Crippen LogP contribution in [0.4, 0.5) is 5.69 Å². The highest BCUT2D eigenvalue weighted by Crippen LogP contribution is 2.23. The molecule has 1 aliphatic heterocycles. The van der Waals surface area contributed by atoms with Crippen molar-refractivity contribution in [2.75, 3.05) is 31.9 Å². The largest absolute Gasteiger partial charge is 0.398 e. The molecule has 1 saturated heterocycles. The van der Waals surface area contributed by atoms with E-state index in [9.17, 15) is 8.42 Å². The van der Waals surface area contributed by atoms with Gasteiger partial charge in [-0.3, -0.25) is 0 Å². The summed E-state index contributed by atoms with van der Waals surface area (Å²) in [6.07, 6.45) is 1.04. The van der Waals surface area contributed by atoms with Crippen LogP contribution in [-0.2, 0) is 10.0 Å². The van der Waals surface area contributed by atoms with Crippen molar-refractivity contribution < 1.29 is 8.42 Å². The maximum absolute atomic E-state index is 12.4. The highest BCUT2D eigenvalue weighted by Gasteiger charge is 2.24. The van der Waals surface area contributed by atoms with E-state index in [1.807, 2.05) is 13.8 Å². The monoisotopic (exact) mass is 311 g/mol. The van der Waals surface area contributed by atoms with E-state index >= 15 is 0 Å². The number of nitrogens with one attached hydrogen (secondary N) is 1. The zero-order valence-electron chi connectivity index (χ0n) is 13.0. The molecular formula is C15H25N3O2S. The van der Waals surface area contributed by atoms with Gasteiger partial charge in [0.25, 0.3) is 0 Å². The van der Waals surface area contributed by atoms with E-state index in [0.717, 1.165) is 37.2 Å². The number of nitrogens with zero attached hydrogens (tertiary/aromatic N) is 1. The molecular weight excluding hydrogens is 286 g/mol. The van der Waals surface area contributed by atoms with E-state index in [1.54, 1.807) is 12.1 Å². The fourth-order valence-electron chi connectivity index (χ4n) is 2.72. The Labute approximate surface area is 127 Å². The average Bonchev–Trinajstić information content (AvgIpc) is 2.88. The van der Waals surface area contributed by atoms with Crippen LogP contribution in [0.15, 0.2) is 17.0 Å². The van der Waals surface area contributed by atoms with Gasteiger partial charge in [-0.25, -0.2) is 13.1 Å². The van der Waals surface area contributed by atoms with Crippen LogP contribution in [0.3, 0.4) is 0 Å². The van der Waals surface area contributed by atoms with Gasteiger partial charge < -0.3 is 10.6 Å². The Balaban J connectivity index is 2.07. The van der Waals surface area contributed by atoms with Gasteiger partial charge in [0.15, 0.2) is 0 Å². The molecule has 1 fully saturated rings. The summed E-state index contributed by atoms with van der Waals surface area (Å²) >= 11 is 0. The number of hydrogen-bond donors (Lipinski definition) is 2. The minimum atomic E-state index is -3.54. The molecule has 1 heterocycles. The molecule has 1 atom stereocenters. The quantitative estimate of drug-likeness (QED) is 0.808. The van der Waals surface area contributed by atoms with E-state index in [1.165, 1.54) is 0 Å². The van der Waals surface area contributed by atoms with Crippen molar-refractivity contribution in [1.29, 1.82) is 0 Å². The number of benzene rings is 1. The van der Waals surface area contributed by atoms with Crippen molar-refractivity contribution >= 4 is 15.7 Å². The lowest BCUT2D eigenvalue weighted by Crippen LogP contribution is -2.31. The van der Waals surface area contributed by atoms with E-state index in [2.05, 4.69) is 16.5 Å². The van der Waals surface area contributed by atoms with E-state index in [4.69, 9.17) is 5.73 Å². The number of nitrogen functional groups attached to an aromatic ring is 1.